The fourth-order valence-corrected chi connectivity index (χ4v) is 4.22. The first kappa shape index (κ1) is 19.0. The SMILES string of the molecule is COc1ccc(C)c2sc(=NC(=O)c3ccccc3Oc3ccccc3)n(C)c12. The number of benzene rings is 3. The van der Waals surface area contributed by atoms with Crippen molar-refractivity contribution in [3.63, 3.8) is 0 Å². The third-order valence-corrected chi connectivity index (χ3v) is 5.88. The van der Waals surface area contributed by atoms with E-state index in [-0.39, 0.29) is 5.91 Å². The number of ether oxygens (including phenoxy) is 2. The average molecular weight is 404 g/mol. The molecule has 3 aromatic carbocycles. The Labute approximate surface area is 172 Å². The summed E-state index contributed by atoms with van der Waals surface area (Å²) in [5.74, 6) is 1.55. The van der Waals surface area contributed by atoms with Crippen molar-refractivity contribution in [1.29, 1.82) is 0 Å². The van der Waals surface area contributed by atoms with Crippen LogP contribution in [0.15, 0.2) is 71.7 Å². The quantitative estimate of drug-likeness (QED) is 0.476. The molecule has 0 N–H and O–H groups in total. The van der Waals surface area contributed by atoms with Gasteiger partial charge in [-0.25, -0.2) is 0 Å². The predicted molar refractivity (Wildman–Crippen MR) is 115 cm³/mol. The van der Waals surface area contributed by atoms with Gasteiger partial charge in [-0.2, -0.15) is 4.99 Å². The predicted octanol–water partition coefficient (Wildman–Crippen LogP) is 5.09. The molecule has 6 heteroatoms. The molecule has 29 heavy (non-hydrogen) atoms. The summed E-state index contributed by atoms with van der Waals surface area (Å²) in [4.78, 5) is 18.0. The minimum Gasteiger partial charge on any atom is -0.495 e. The van der Waals surface area contributed by atoms with Crippen molar-refractivity contribution in [1.82, 2.24) is 4.57 Å². The number of carbonyl (C=O) groups excluding carboxylic acids is 1. The number of carbonyl (C=O) groups is 1. The fourth-order valence-electron chi connectivity index (χ4n) is 3.11. The number of amides is 1. The van der Waals surface area contributed by atoms with Gasteiger partial charge in [-0.1, -0.05) is 47.7 Å². The molecule has 0 saturated heterocycles. The zero-order valence-corrected chi connectivity index (χ0v) is 17.2. The van der Waals surface area contributed by atoms with Gasteiger partial charge in [0.2, 0.25) is 0 Å². The highest BCUT2D eigenvalue weighted by molar-refractivity contribution is 7.16. The maximum Gasteiger partial charge on any atom is 0.283 e. The van der Waals surface area contributed by atoms with Crippen LogP contribution in [0.4, 0.5) is 0 Å². The first-order chi connectivity index (χ1) is 14.1. The third kappa shape index (κ3) is 3.67. The van der Waals surface area contributed by atoms with Crippen molar-refractivity contribution in [2.45, 2.75) is 6.92 Å². The summed E-state index contributed by atoms with van der Waals surface area (Å²) in [5.41, 5.74) is 2.46. The van der Waals surface area contributed by atoms with Gasteiger partial charge in [-0.05, 0) is 42.8 Å². The molecular weight excluding hydrogens is 384 g/mol. The van der Waals surface area contributed by atoms with E-state index >= 15 is 0 Å². The molecule has 1 aromatic heterocycles. The van der Waals surface area contributed by atoms with Gasteiger partial charge in [0.1, 0.15) is 22.8 Å². The maximum atomic E-state index is 13.0. The number of para-hydroxylation sites is 2. The van der Waals surface area contributed by atoms with Gasteiger partial charge >= 0.3 is 0 Å². The number of rotatable bonds is 4. The van der Waals surface area contributed by atoms with Gasteiger partial charge in [0.15, 0.2) is 4.80 Å². The van der Waals surface area contributed by atoms with Crippen molar-refractivity contribution in [2.24, 2.45) is 12.0 Å². The molecule has 1 amide bonds. The lowest BCUT2D eigenvalue weighted by atomic mass is 10.2. The van der Waals surface area contributed by atoms with Gasteiger partial charge in [0.25, 0.3) is 5.91 Å². The topological polar surface area (TPSA) is 52.8 Å². The van der Waals surface area contributed by atoms with Gasteiger partial charge in [-0.15, -0.1) is 0 Å². The Balaban J connectivity index is 1.78. The second-order valence-corrected chi connectivity index (χ2v) is 7.51. The number of hydrogen-bond acceptors (Lipinski definition) is 4. The molecule has 5 nitrogen and oxygen atoms in total. The van der Waals surface area contributed by atoms with Crippen LogP contribution >= 0.6 is 11.3 Å². The van der Waals surface area contributed by atoms with Crippen LogP contribution in [-0.4, -0.2) is 17.6 Å². The van der Waals surface area contributed by atoms with E-state index in [1.165, 1.54) is 11.3 Å². The van der Waals surface area contributed by atoms with Crippen molar-refractivity contribution in [3.05, 3.63) is 82.7 Å². The van der Waals surface area contributed by atoms with E-state index in [9.17, 15) is 4.79 Å². The first-order valence-electron chi connectivity index (χ1n) is 9.12. The second-order valence-electron chi connectivity index (χ2n) is 6.53. The number of thiazole rings is 1. The molecule has 0 radical (unpaired) electrons. The molecule has 0 saturated carbocycles. The van der Waals surface area contributed by atoms with Crippen molar-refractivity contribution in [3.8, 4) is 17.2 Å². The number of aryl methyl sites for hydroxylation is 2. The van der Waals surface area contributed by atoms with Crippen LogP contribution in [0.25, 0.3) is 10.2 Å². The molecule has 0 aliphatic heterocycles. The van der Waals surface area contributed by atoms with E-state index in [1.54, 1.807) is 25.3 Å². The van der Waals surface area contributed by atoms with Crippen LogP contribution < -0.4 is 14.3 Å². The molecule has 0 spiro atoms. The summed E-state index contributed by atoms with van der Waals surface area (Å²) >= 11 is 1.47. The van der Waals surface area contributed by atoms with E-state index in [4.69, 9.17) is 9.47 Å². The van der Waals surface area contributed by atoms with Crippen molar-refractivity contribution < 1.29 is 14.3 Å². The smallest absolute Gasteiger partial charge is 0.283 e. The van der Waals surface area contributed by atoms with E-state index in [0.29, 0.717) is 21.9 Å². The first-order valence-corrected chi connectivity index (χ1v) is 9.94. The van der Waals surface area contributed by atoms with Gasteiger partial charge in [0.05, 0.1) is 17.4 Å². The summed E-state index contributed by atoms with van der Waals surface area (Å²) in [6.07, 6.45) is 0. The Morgan fingerprint density at radius 1 is 0.966 bits per heavy atom. The Bertz CT molecular complexity index is 1260. The summed E-state index contributed by atoms with van der Waals surface area (Å²) in [6.45, 7) is 2.03. The number of methoxy groups -OCH3 is 1. The zero-order valence-electron chi connectivity index (χ0n) is 16.4. The Morgan fingerprint density at radius 3 is 2.45 bits per heavy atom. The van der Waals surface area contributed by atoms with Crippen LogP contribution in [0.1, 0.15) is 15.9 Å². The molecular formula is C23H20N2O3S. The zero-order chi connectivity index (χ0) is 20.4. The maximum absolute atomic E-state index is 13.0. The standard InChI is InChI=1S/C23H20N2O3S/c1-15-13-14-19(27-3)20-21(15)29-23(25(20)2)24-22(26)17-11-7-8-12-18(17)28-16-9-5-4-6-10-16/h4-14H,1-3H3. The lowest BCUT2D eigenvalue weighted by molar-refractivity contribution is 0.0995. The fraction of sp³-hybridized carbons (Fsp3) is 0.130. The average Bonchev–Trinajstić information content (AvgIpc) is 3.07. The molecule has 0 aliphatic carbocycles. The normalized spacial score (nSPS) is 11.6. The molecule has 146 valence electrons. The summed E-state index contributed by atoms with van der Waals surface area (Å²) in [7, 11) is 3.53. The van der Waals surface area contributed by atoms with Crippen LogP contribution in [0, 0.1) is 6.92 Å². The molecule has 0 aliphatic rings. The molecule has 0 unspecified atom stereocenters. The minimum atomic E-state index is -0.352. The minimum absolute atomic E-state index is 0.352. The van der Waals surface area contributed by atoms with E-state index in [1.807, 2.05) is 67.1 Å². The highest BCUT2D eigenvalue weighted by atomic mass is 32.1. The number of aromatic nitrogens is 1. The monoisotopic (exact) mass is 404 g/mol. The highest BCUT2D eigenvalue weighted by Crippen LogP contribution is 2.30. The van der Waals surface area contributed by atoms with E-state index in [0.717, 1.165) is 21.5 Å². The highest BCUT2D eigenvalue weighted by Gasteiger charge is 2.15. The molecule has 4 rings (SSSR count). The van der Waals surface area contributed by atoms with Crippen LogP contribution in [0.3, 0.4) is 0 Å². The second kappa shape index (κ2) is 7.93. The van der Waals surface area contributed by atoms with Crippen molar-refractivity contribution >= 4 is 27.5 Å². The van der Waals surface area contributed by atoms with Crippen LogP contribution in [0.5, 0.6) is 17.2 Å². The van der Waals surface area contributed by atoms with E-state index in [2.05, 4.69) is 4.99 Å². The number of hydrogen-bond donors (Lipinski definition) is 0. The van der Waals surface area contributed by atoms with Gasteiger partial charge in [-0.3, -0.25) is 4.79 Å². The molecule has 1 heterocycles. The van der Waals surface area contributed by atoms with Crippen molar-refractivity contribution in [2.75, 3.05) is 7.11 Å². The molecule has 0 atom stereocenters. The third-order valence-electron chi connectivity index (χ3n) is 4.61. The largest absolute Gasteiger partial charge is 0.495 e. The number of fused-ring (bicyclic) bond motifs is 1. The Hall–Kier alpha value is -3.38. The van der Waals surface area contributed by atoms with Crippen LogP contribution in [0.2, 0.25) is 0 Å². The Morgan fingerprint density at radius 2 is 1.69 bits per heavy atom. The number of nitrogens with zero attached hydrogens (tertiary/aromatic N) is 2. The van der Waals surface area contributed by atoms with Crippen LogP contribution in [-0.2, 0) is 7.05 Å². The molecule has 0 fully saturated rings. The summed E-state index contributed by atoms with van der Waals surface area (Å²) in [6, 6.07) is 20.5. The van der Waals surface area contributed by atoms with Gasteiger partial charge < -0.3 is 14.0 Å². The summed E-state index contributed by atoms with van der Waals surface area (Å²) in [5, 5.41) is 0. The molecule has 0 bridgehead atoms. The Kier molecular flexibility index (Phi) is 5.18. The van der Waals surface area contributed by atoms with Gasteiger partial charge in [0, 0.05) is 7.05 Å². The molecule has 4 aromatic rings. The summed E-state index contributed by atoms with van der Waals surface area (Å²) < 4.78 is 14.3. The lowest BCUT2D eigenvalue weighted by Crippen LogP contribution is -2.14. The van der Waals surface area contributed by atoms with E-state index < -0.39 is 0 Å². The lowest BCUT2D eigenvalue weighted by Gasteiger charge is -2.08.